The minimum Gasteiger partial charge on any atom is -0.494 e. The quantitative estimate of drug-likeness (QED) is 0.572. The number of unbranched alkanes of at least 4 members (excludes halogenated alkanes) is 4. The van der Waals surface area contributed by atoms with Crippen molar-refractivity contribution in [1.29, 1.82) is 0 Å². The molecule has 0 fully saturated rings. The highest BCUT2D eigenvalue weighted by Crippen LogP contribution is 2.18. The molecule has 1 atom stereocenters. The third-order valence-electron chi connectivity index (χ3n) is 4.37. The summed E-state index contributed by atoms with van der Waals surface area (Å²) >= 11 is 0. The fourth-order valence-electron chi connectivity index (χ4n) is 2.41. The average molecular weight is 307 g/mol. The van der Waals surface area contributed by atoms with Crippen LogP contribution in [0.15, 0.2) is 24.3 Å². The molecule has 22 heavy (non-hydrogen) atoms. The smallest absolute Gasteiger partial charge is 0.119 e. The van der Waals surface area contributed by atoms with E-state index < -0.39 is 5.54 Å². The zero-order valence-corrected chi connectivity index (χ0v) is 14.3. The summed E-state index contributed by atoms with van der Waals surface area (Å²) in [5, 5.41) is 9.34. The summed E-state index contributed by atoms with van der Waals surface area (Å²) in [5.74, 6) is 0.941. The molecule has 3 heteroatoms. The SMILES string of the molecule is CCCCCCCOc1ccc(CCC(N)(CC)CO)cc1. The molecule has 3 N–H and O–H groups in total. The molecule has 0 bridgehead atoms. The van der Waals surface area contributed by atoms with E-state index >= 15 is 0 Å². The highest BCUT2D eigenvalue weighted by molar-refractivity contribution is 5.27. The van der Waals surface area contributed by atoms with Crippen LogP contribution in [0.4, 0.5) is 0 Å². The predicted octanol–water partition coefficient (Wildman–Crippen LogP) is 4.07. The zero-order valence-electron chi connectivity index (χ0n) is 14.3. The van der Waals surface area contributed by atoms with Gasteiger partial charge in [0.05, 0.1) is 13.2 Å². The van der Waals surface area contributed by atoms with E-state index in [1.54, 1.807) is 0 Å². The van der Waals surface area contributed by atoms with Gasteiger partial charge in [-0.1, -0.05) is 51.7 Å². The first-order valence-corrected chi connectivity index (χ1v) is 8.75. The van der Waals surface area contributed by atoms with Gasteiger partial charge in [0, 0.05) is 5.54 Å². The Kier molecular flexibility index (Phi) is 9.17. The lowest BCUT2D eigenvalue weighted by atomic mass is 9.90. The molecule has 0 aliphatic heterocycles. The number of benzene rings is 1. The molecular formula is C19H33NO2. The Bertz CT molecular complexity index is 385. The number of aryl methyl sites for hydroxylation is 1. The van der Waals surface area contributed by atoms with Crippen molar-refractivity contribution in [2.45, 2.75) is 70.8 Å². The Morgan fingerprint density at radius 2 is 1.73 bits per heavy atom. The first kappa shape index (κ1) is 19.0. The molecule has 0 aliphatic rings. The van der Waals surface area contributed by atoms with Gasteiger partial charge in [-0.15, -0.1) is 0 Å². The fraction of sp³-hybridized carbons (Fsp3) is 0.684. The molecule has 3 nitrogen and oxygen atoms in total. The Balaban J connectivity index is 2.28. The largest absolute Gasteiger partial charge is 0.494 e. The van der Waals surface area contributed by atoms with Crippen LogP contribution in [0.5, 0.6) is 5.75 Å². The lowest BCUT2D eigenvalue weighted by Gasteiger charge is -2.25. The van der Waals surface area contributed by atoms with Crippen molar-refractivity contribution in [3.05, 3.63) is 29.8 Å². The number of hydrogen-bond acceptors (Lipinski definition) is 3. The van der Waals surface area contributed by atoms with E-state index in [-0.39, 0.29) is 6.61 Å². The second kappa shape index (κ2) is 10.6. The molecule has 126 valence electrons. The highest BCUT2D eigenvalue weighted by atomic mass is 16.5. The van der Waals surface area contributed by atoms with Gasteiger partial charge < -0.3 is 15.6 Å². The lowest BCUT2D eigenvalue weighted by molar-refractivity contribution is 0.183. The molecule has 0 aromatic heterocycles. The highest BCUT2D eigenvalue weighted by Gasteiger charge is 2.20. The normalized spacial score (nSPS) is 13.8. The fourth-order valence-corrected chi connectivity index (χ4v) is 2.41. The van der Waals surface area contributed by atoms with Gasteiger partial charge in [0.15, 0.2) is 0 Å². The minimum atomic E-state index is -0.451. The maximum atomic E-state index is 9.34. The predicted molar refractivity (Wildman–Crippen MR) is 93.3 cm³/mol. The van der Waals surface area contributed by atoms with E-state index in [0.29, 0.717) is 0 Å². The molecule has 0 saturated heterocycles. The first-order valence-electron chi connectivity index (χ1n) is 8.75. The summed E-state index contributed by atoms with van der Waals surface area (Å²) in [7, 11) is 0. The third kappa shape index (κ3) is 7.28. The molecule has 1 rings (SSSR count). The van der Waals surface area contributed by atoms with Crippen molar-refractivity contribution < 1.29 is 9.84 Å². The first-order chi connectivity index (χ1) is 10.6. The molecular weight excluding hydrogens is 274 g/mol. The molecule has 0 spiro atoms. The van der Waals surface area contributed by atoms with E-state index in [4.69, 9.17) is 10.5 Å². The summed E-state index contributed by atoms with van der Waals surface area (Å²) < 4.78 is 5.76. The van der Waals surface area contributed by atoms with Crippen molar-refractivity contribution in [1.82, 2.24) is 0 Å². The van der Waals surface area contributed by atoms with Crippen LogP contribution in [-0.4, -0.2) is 23.9 Å². The van der Waals surface area contributed by atoms with E-state index in [9.17, 15) is 5.11 Å². The number of hydrogen-bond donors (Lipinski definition) is 2. The average Bonchev–Trinajstić information content (AvgIpc) is 2.57. The molecule has 0 saturated carbocycles. The van der Waals surface area contributed by atoms with Crippen LogP contribution in [0.2, 0.25) is 0 Å². The van der Waals surface area contributed by atoms with Gasteiger partial charge >= 0.3 is 0 Å². The summed E-state index contributed by atoms with van der Waals surface area (Å²) in [6.07, 6.45) is 8.78. The van der Waals surface area contributed by atoms with Crippen LogP contribution in [0.1, 0.15) is 64.4 Å². The van der Waals surface area contributed by atoms with Crippen LogP contribution < -0.4 is 10.5 Å². The third-order valence-corrected chi connectivity index (χ3v) is 4.37. The summed E-state index contributed by atoms with van der Waals surface area (Å²) in [4.78, 5) is 0. The van der Waals surface area contributed by atoms with Crippen molar-refractivity contribution in [3.63, 3.8) is 0 Å². The maximum absolute atomic E-state index is 9.34. The molecule has 1 aromatic carbocycles. The van der Waals surface area contributed by atoms with Gasteiger partial charge in [-0.05, 0) is 43.4 Å². The molecule has 1 aromatic rings. The van der Waals surface area contributed by atoms with Gasteiger partial charge in [0.2, 0.25) is 0 Å². The Morgan fingerprint density at radius 1 is 1.05 bits per heavy atom. The van der Waals surface area contributed by atoms with Crippen LogP contribution >= 0.6 is 0 Å². The van der Waals surface area contributed by atoms with Gasteiger partial charge in [-0.25, -0.2) is 0 Å². The Labute approximate surface area is 135 Å². The summed E-state index contributed by atoms with van der Waals surface area (Å²) in [6.45, 7) is 5.10. The van der Waals surface area contributed by atoms with Gasteiger partial charge in [-0.3, -0.25) is 0 Å². The van der Waals surface area contributed by atoms with Crippen LogP contribution in [0.25, 0.3) is 0 Å². The van der Waals surface area contributed by atoms with Crippen molar-refractivity contribution in [3.8, 4) is 5.75 Å². The van der Waals surface area contributed by atoms with E-state index in [1.165, 1.54) is 31.2 Å². The Morgan fingerprint density at radius 3 is 2.32 bits per heavy atom. The molecule has 0 aliphatic carbocycles. The second-order valence-corrected chi connectivity index (χ2v) is 6.28. The van der Waals surface area contributed by atoms with E-state index in [1.807, 2.05) is 19.1 Å². The van der Waals surface area contributed by atoms with Crippen LogP contribution in [0, 0.1) is 0 Å². The summed E-state index contributed by atoms with van der Waals surface area (Å²) in [5.41, 5.74) is 6.91. The maximum Gasteiger partial charge on any atom is 0.119 e. The lowest BCUT2D eigenvalue weighted by Crippen LogP contribution is -2.43. The van der Waals surface area contributed by atoms with Crippen LogP contribution in [0.3, 0.4) is 0 Å². The number of aliphatic hydroxyl groups excluding tert-OH is 1. The standard InChI is InChI=1S/C19H33NO2/c1-3-5-6-7-8-15-22-18-11-9-17(10-12-18)13-14-19(20,4-2)16-21/h9-12,21H,3-8,13-16,20H2,1-2H3. The monoisotopic (exact) mass is 307 g/mol. The molecule has 0 heterocycles. The van der Waals surface area contributed by atoms with Gasteiger partial charge in [0.1, 0.15) is 5.75 Å². The van der Waals surface area contributed by atoms with E-state index in [2.05, 4.69) is 19.1 Å². The van der Waals surface area contributed by atoms with Crippen molar-refractivity contribution >= 4 is 0 Å². The van der Waals surface area contributed by atoms with Crippen LogP contribution in [-0.2, 0) is 6.42 Å². The topological polar surface area (TPSA) is 55.5 Å². The second-order valence-electron chi connectivity index (χ2n) is 6.28. The van der Waals surface area contributed by atoms with E-state index in [0.717, 1.165) is 38.0 Å². The van der Waals surface area contributed by atoms with Gasteiger partial charge in [0.25, 0.3) is 0 Å². The molecule has 0 amide bonds. The van der Waals surface area contributed by atoms with Crippen molar-refractivity contribution in [2.75, 3.05) is 13.2 Å². The zero-order chi connectivity index (χ0) is 16.3. The minimum absolute atomic E-state index is 0.0444. The number of nitrogens with two attached hydrogens (primary N) is 1. The molecule has 1 unspecified atom stereocenters. The van der Waals surface area contributed by atoms with Gasteiger partial charge in [-0.2, -0.15) is 0 Å². The number of rotatable bonds is 12. The number of ether oxygens (including phenoxy) is 1. The number of aliphatic hydroxyl groups is 1. The summed E-state index contributed by atoms with van der Waals surface area (Å²) in [6, 6.07) is 8.26. The Hall–Kier alpha value is -1.06. The molecule has 0 radical (unpaired) electrons. The van der Waals surface area contributed by atoms with Crippen molar-refractivity contribution in [2.24, 2.45) is 5.73 Å².